The highest BCUT2D eigenvalue weighted by Gasteiger charge is 2.09. The van der Waals surface area contributed by atoms with Gasteiger partial charge in [0.25, 0.3) is 5.91 Å². The average Bonchev–Trinajstić information content (AvgIpc) is 2.21. The van der Waals surface area contributed by atoms with E-state index in [0.29, 0.717) is 5.56 Å². The lowest BCUT2D eigenvalue weighted by Gasteiger charge is -2.06. The third-order valence-corrected chi connectivity index (χ3v) is 2.30. The van der Waals surface area contributed by atoms with Gasteiger partial charge >= 0.3 is 5.97 Å². The van der Waals surface area contributed by atoms with Crippen LogP contribution in [0.15, 0.2) is 22.7 Å². The number of carbonyl (C=O) groups excluding carboxylic acids is 1. The fourth-order valence-electron chi connectivity index (χ4n) is 1.06. The van der Waals surface area contributed by atoms with Crippen LogP contribution < -0.4 is 5.48 Å². The Kier molecular flexibility index (Phi) is 4.45. The maximum Gasteiger partial charge on any atom is 0.332 e. The molecule has 16 heavy (non-hydrogen) atoms. The molecular weight excluding hydrogens is 278 g/mol. The molecule has 86 valence electrons. The van der Waals surface area contributed by atoms with E-state index in [0.717, 1.165) is 10.0 Å². The smallest absolute Gasteiger partial charge is 0.332 e. The molecule has 0 fully saturated rings. The van der Waals surface area contributed by atoms with Gasteiger partial charge in [0.1, 0.15) is 0 Å². The molecular formula is C10H10BrNO4. The zero-order valence-corrected chi connectivity index (χ0v) is 10.1. The van der Waals surface area contributed by atoms with Crippen LogP contribution in [-0.4, -0.2) is 23.6 Å². The lowest BCUT2D eigenvalue weighted by molar-refractivity contribution is -0.144. The van der Waals surface area contributed by atoms with Crippen LogP contribution in [0.2, 0.25) is 0 Å². The first-order valence-corrected chi connectivity index (χ1v) is 5.20. The molecule has 2 N–H and O–H groups in total. The first-order chi connectivity index (χ1) is 7.50. The maximum absolute atomic E-state index is 11.5. The van der Waals surface area contributed by atoms with Gasteiger partial charge < -0.3 is 5.11 Å². The molecule has 1 aromatic carbocycles. The van der Waals surface area contributed by atoms with Crippen molar-refractivity contribution < 1.29 is 19.5 Å². The van der Waals surface area contributed by atoms with Crippen molar-refractivity contribution in [3.05, 3.63) is 33.8 Å². The molecule has 6 heteroatoms. The third kappa shape index (κ3) is 3.63. The molecule has 0 aliphatic carbocycles. The molecule has 0 radical (unpaired) electrons. The van der Waals surface area contributed by atoms with E-state index in [1.165, 1.54) is 0 Å². The van der Waals surface area contributed by atoms with E-state index in [9.17, 15) is 9.59 Å². The normalized spacial score (nSPS) is 9.88. The molecule has 0 aromatic heterocycles. The summed E-state index contributed by atoms with van der Waals surface area (Å²) in [6, 6.07) is 5.22. The number of carbonyl (C=O) groups is 2. The Hall–Kier alpha value is -1.40. The van der Waals surface area contributed by atoms with Crippen LogP contribution in [-0.2, 0) is 9.63 Å². The summed E-state index contributed by atoms with van der Waals surface area (Å²) < 4.78 is 0.765. The van der Waals surface area contributed by atoms with E-state index in [1.54, 1.807) is 19.1 Å². The standard InChI is InChI=1S/C10H10BrNO4/c1-6-2-3-7(11)4-8(6)10(15)12-16-5-9(13)14/h2-4H,5H2,1H3,(H,12,15)(H,13,14). The maximum atomic E-state index is 11.5. The number of rotatable bonds is 4. The van der Waals surface area contributed by atoms with E-state index in [-0.39, 0.29) is 0 Å². The number of carboxylic acids is 1. The van der Waals surface area contributed by atoms with Gasteiger partial charge in [-0.3, -0.25) is 9.63 Å². The van der Waals surface area contributed by atoms with Gasteiger partial charge in [-0.1, -0.05) is 22.0 Å². The molecule has 1 aromatic rings. The van der Waals surface area contributed by atoms with Gasteiger partial charge in [-0.05, 0) is 24.6 Å². The zero-order chi connectivity index (χ0) is 12.1. The van der Waals surface area contributed by atoms with Gasteiger partial charge in [-0.25, -0.2) is 10.3 Å². The molecule has 0 atom stereocenters. The van der Waals surface area contributed by atoms with Crippen LogP contribution in [0.25, 0.3) is 0 Å². The molecule has 0 saturated heterocycles. The van der Waals surface area contributed by atoms with Crippen molar-refractivity contribution in [2.75, 3.05) is 6.61 Å². The van der Waals surface area contributed by atoms with Crippen LogP contribution in [0.5, 0.6) is 0 Å². The van der Waals surface area contributed by atoms with Crippen LogP contribution in [0.3, 0.4) is 0 Å². The summed E-state index contributed by atoms with van der Waals surface area (Å²) in [7, 11) is 0. The minimum atomic E-state index is -1.15. The highest BCUT2D eigenvalue weighted by molar-refractivity contribution is 9.10. The topological polar surface area (TPSA) is 75.6 Å². The summed E-state index contributed by atoms with van der Waals surface area (Å²) in [6.07, 6.45) is 0. The highest BCUT2D eigenvalue weighted by atomic mass is 79.9. The van der Waals surface area contributed by atoms with Crippen molar-refractivity contribution in [2.45, 2.75) is 6.92 Å². The predicted molar refractivity (Wildman–Crippen MR) is 59.9 cm³/mol. The average molecular weight is 288 g/mol. The molecule has 0 aliphatic rings. The second kappa shape index (κ2) is 5.62. The van der Waals surface area contributed by atoms with Gasteiger partial charge in [-0.2, -0.15) is 0 Å². The van der Waals surface area contributed by atoms with E-state index in [4.69, 9.17) is 5.11 Å². The fraction of sp³-hybridized carbons (Fsp3) is 0.200. The summed E-state index contributed by atoms with van der Waals surface area (Å²) in [5, 5.41) is 8.31. The minimum Gasteiger partial charge on any atom is -0.479 e. The molecule has 0 aliphatic heterocycles. The summed E-state index contributed by atoms with van der Waals surface area (Å²) >= 11 is 3.24. The van der Waals surface area contributed by atoms with Crippen LogP contribution in [0.4, 0.5) is 0 Å². The predicted octanol–water partition coefficient (Wildman–Crippen LogP) is 1.50. The number of nitrogens with one attached hydrogen (secondary N) is 1. The van der Waals surface area contributed by atoms with E-state index in [1.807, 2.05) is 6.07 Å². The Bertz CT molecular complexity index is 419. The van der Waals surface area contributed by atoms with E-state index >= 15 is 0 Å². The zero-order valence-electron chi connectivity index (χ0n) is 8.49. The quantitative estimate of drug-likeness (QED) is 0.823. The number of aryl methyl sites for hydroxylation is 1. The molecule has 0 spiro atoms. The third-order valence-electron chi connectivity index (χ3n) is 1.80. The number of hydroxylamine groups is 1. The van der Waals surface area contributed by atoms with Gasteiger partial charge in [0.2, 0.25) is 0 Å². The van der Waals surface area contributed by atoms with Crippen molar-refractivity contribution in [3.8, 4) is 0 Å². The highest BCUT2D eigenvalue weighted by Crippen LogP contribution is 2.15. The molecule has 5 nitrogen and oxygen atoms in total. The number of hydrogen-bond acceptors (Lipinski definition) is 3. The number of amides is 1. The lowest BCUT2D eigenvalue weighted by Crippen LogP contribution is -2.27. The lowest BCUT2D eigenvalue weighted by atomic mass is 10.1. The van der Waals surface area contributed by atoms with Crippen molar-refractivity contribution in [1.29, 1.82) is 0 Å². The number of carboxylic acid groups (broad SMARTS) is 1. The van der Waals surface area contributed by atoms with Crippen molar-refractivity contribution in [3.63, 3.8) is 0 Å². The molecule has 0 unspecified atom stereocenters. The first kappa shape index (κ1) is 12.7. The summed E-state index contributed by atoms with van der Waals surface area (Å²) in [5.41, 5.74) is 3.27. The minimum absolute atomic E-state index is 0.430. The van der Waals surface area contributed by atoms with E-state index < -0.39 is 18.5 Å². The van der Waals surface area contributed by atoms with Crippen LogP contribution >= 0.6 is 15.9 Å². The Balaban J connectivity index is 2.65. The van der Waals surface area contributed by atoms with Crippen molar-refractivity contribution >= 4 is 27.8 Å². The number of benzene rings is 1. The molecule has 1 rings (SSSR count). The summed E-state index contributed by atoms with van der Waals surface area (Å²) in [5.74, 6) is -1.62. The molecule has 1 amide bonds. The summed E-state index contributed by atoms with van der Waals surface area (Å²) in [4.78, 5) is 26.2. The van der Waals surface area contributed by atoms with Gasteiger partial charge in [0.15, 0.2) is 6.61 Å². The second-order valence-corrected chi connectivity index (χ2v) is 3.99. The Morgan fingerprint density at radius 1 is 1.50 bits per heavy atom. The van der Waals surface area contributed by atoms with Gasteiger partial charge in [0, 0.05) is 10.0 Å². The fourth-order valence-corrected chi connectivity index (χ4v) is 1.42. The Morgan fingerprint density at radius 3 is 2.81 bits per heavy atom. The van der Waals surface area contributed by atoms with Crippen LogP contribution in [0, 0.1) is 6.92 Å². The van der Waals surface area contributed by atoms with Gasteiger partial charge in [0.05, 0.1) is 0 Å². The monoisotopic (exact) mass is 287 g/mol. The Morgan fingerprint density at radius 2 is 2.19 bits per heavy atom. The Labute approximate surface area is 100 Å². The van der Waals surface area contributed by atoms with Crippen LogP contribution in [0.1, 0.15) is 15.9 Å². The molecule has 0 bridgehead atoms. The first-order valence-electron chi connectivity index (χ1n) is 4.41. The molecule has 0 saturated carbocycles. The second-order valence-electron chi connectivity index (χ2n) is 3.07. The molecule has 0 heterocycles. The van der Waals surface area contributed by atoms with E-state index in [2.05, 4.69) is 26.2 Å². The largest absolute Gasteiger partial charge is 0.479 e. The summed E-state index contributed by atoms with van der Waals surface area (Å²) in [6.45, 7) is 1.21. The van der Waals surface area contributed by atoms with Crippen molar-refractivity contribution in [1.82, 2.24) is 5.48 Å². The number of aliphatic carboxylic acids is 1. The van der Waals surface area contributed by atoms with Crippen molar-refractivity contribution in [2.24, 2.45) is 0 Å². The number of halogens is 1. The van der Waals surface area contributed by atoms with Gasteiger partial charge in [-0.15, -0.1) is 0 Å². The SMILES string of the molecule is Cc1ccc(Br)cc1C(=O)NOCC(=O)O. The number of hydrogen-bond donors (Lipinski definition) is 2.